The molecule has 0 amide bonds. The van der Waals surface area contributed by atoms with Gasteiger partial charge in [-0.25, -0.2) is 23.4 Å². The molecular formula is C22H19F3N6O. The van der Waals surface area contributed by atoms with E-state index in [0.717, 1.165) is 31.5 Å². The molecule has 0 bridgehead atoms. The van der Waals surface area contributed by atoms with E-state index < -0.39 is 17.5 Å². The maximum absolute atomic E-state index is 15.1. The summed E-state index contributed by atoms with van der Waals surface area (Å²) in [5, 5.41) is 8.44. The van der Waals surface area contributed by atoms with Gasteiger partial charge in [0.1, 0.15) is 29.4 Å². The van der Waals surface area contributed by atoms with Crippen LogP contribution in [0.15, 0.2) is 42.7 Å². The number of nitrogens with zero attached hydrogens (tertiary/aromatic N) is 4. The van der Waals surface area contributed by atoms with Crippen LogP contribution in [0, 0.1) is 17.5 Å². The van der Waals surface area contributed by atoms with Gasteiger partial charge in [0, 0.05) is 18.2 Å². The Labute approximate surface area is 181 Å². The van der Waals surface area contributed by atoms with Crippen LogP contribution in [0.25, 0.3) is 22.3 Å². The van der Waals surface area contributed by atoms with Crippen LogP contribution < -0.4 is 15.8 Å². The van der Waals surface area contributed by atoms with E-state index in [9.17, 15) is 8.78 Å². The number of nitrogen functional groups attached to an aromatic ring is 1. The molecule has 7 nitrogen and oxygen atoms in total. The normalized spacial score (nSPS) is 16.4. The topological polar surface area (TPSA) is 90.9 Å². The summed E-state index contributed by atoms with van der Waals surface area (Å²) in [5.41, 5.74) is 7.12. The monoisotopic (exact) mass is 440 g/mol. The molecule has 1 aliphatic heterocycles. The van der Waals surface area contributed by atoms with Crippen molar-refractivity contribution in [3.63, 3.8) is 0 Å². The molecule has 3 heterocycles. The lowest BCUT2D eigenvalue weighted by Crippen LogP contribution is -2.32. The van der Waals surface area contributed by atoms with Crippen molar-refractivity contribution in [1.82, 2.24) is 25.1 Å². The van der Waals surface area contributed by atoms with Crippen molar-refractivity contribution < 1.29 is 17.9 Å². The van der Waals surface area contributed by atoms with Gasteiger partial charge in [0.15, 0.2) is 17.2 Å². The third kappa shape index (κ3) is 3.52. The molecule has 0 spiro atoms. The van der Waals surface area contributed by atoms with Gasteiger partial charge in [-0.2, -0.15) is 9.49 Å². The summed E-state index contributed by atoms with van der Waals surface area (Å²) in [6.45, 7) is 1.65. The van der Waals surface area contributed by atoms with Gasteiger partial charge in [0.2, 0.25) is 5.82 Å². The number of anilines is 1. The average Bonchev–Trinajstić information content (AvgIpc) is 3.18. The summed E-state index contributed by atoms with van der Waals surface area (Å²) in [5.74, 6) is -2.98. The fourth-order valence-corrected chi connectivity index (χ4v) is 3.92. The van der Waals surface area contributed by atoms with Gasteiger partial charge in [-0.1, -0.05) is 6.07 Å². The zero-order valence-electron chi connectivity index (χ0n) is 16.9. The van der Waals surface area contributed by atoms with Crippen molar-refractivity contribution in [2.75, 3.05) is 18.8 Å². The van der Waals surface area contributed by atoms with Crippen LogP contribution in [0.4, 0.5) is 19.0 Å². The Balaban J connectivity index is 1.56. The molecule has 0 saturated carbocycles. The molecule has 0 unspecified atom stereocenters. The van der Waals surface area contributed by atoms with Crippen LogP contribution in [0.3, 0.4) is 0 Å². The average molecular weight is 440 g/mol. The van der Waals surface area contributed by atoms with E-state index in [1.807, 2.05) is 0 Å². The SMILES string of the molecule is Nc1ncnc2c1c(-c1ccc(Oc3cccc(F)c3F)cc1F)nn2[C@@H]1CCCNC1. The van der Waals surface area contributed by atoms with Gasteiger partial charge >= 0.3 is 0 Å². The molecular weight excluding hydrogens is 421 g/mol. The Kier molecular flexibility index (Phi) is 5.14. The van der Waals surface area contributed by atoms with E-state index in [1.54, 1.807) is 4.68 Å². The van der Waals surface area contributed by atoms with Gasteiger partial charge in [-0.15, -0.1) is 0 Å². The predicted octanol–water partition coefficient (Wildman–Crippen LogP) is 4.21. The van der Waals surface area contributed by atoms with E-state index in [-0.39, 0.29) is 28.9 Å². The molecule has 2 aromatic carbocycles. The minimum Gasteiger partial charge on any atom is -0.454 e. The van der Waals surface area contributed by atoms with Crippen LogP contribution >= 0.6 is 0 Å². The van der Waals surface area contributed by atoms with Crippen LogP contribution in [0.1, 0.15) is 18.9 Å². The summed E-state index contributed by atoms with van der Waals surface area (Å²) >= 11 is 0. The zero-order chi connectivity index (χ0) is 22.2. The summed E-state index contributed by atoms with van der Waals surface area (Å²) < 4.78 is 49.6. The van der Waals surface area contributed by atoms with Crippen LogP contribution in [-0.2, 0) is 0 Å². The highest BCUT2D eigenvalue weighted by Gasteiger charge is 2.25. The number of aromatic nitrogens is 4. The molecule has 4 aromatic rings. The number of hydrogen-bond acceptors (Lipinski definition) is 6. The number of fused-ring (bicyclic) bond motifs is 1. The highest BCUT2D eigenvalue weighted by Crippen LogP contribution is 2.36. The Morgan fingerprint density at radius 3 is 2.75 bits per heavy atom. The van der Waals surface area contributed by atoms with Gasteiger partial charge in [0.05, 0.1) is 11.4 Å². The van der Waals surface area contributed by atoms with Crippen molar-refractivity contribution >= 4 is 16.9 Å². The first kappa shape index (κ1) is 20.3. The summed E-state index contributed by atoms with van der Waals surface area (Å²) in [7, 11) is 0. The maximum atomic E-state index is 15.1. The van der Waals surface area contributed by atoms with Gasteiger partial charge in [-0.3, -0.25) is 0 Å². The van der Waals surface area contributed by atoms with E-state index in [0.29, 0.717) is 23.3 Å². The Bertz CT molecular complexity index is 1300. The number of ether oxygens (including phenoxy) is 1. The molecule has 5 rings (SSSR count). The Morgan fingerprint density at radius 2 is 1.97 bits per heavy atom. The fraction of sp³-hybridized carbons (Fsp3) is 0.227. The lowest BCUT2D eigenvalue weighted by atomic mass is 10.1. The van der Waals surface area contributed by atoms with Crippen molar-refractivity contribution in [2.24, 2.45) is 0 Å². The van der Waals surface area contributed by atoms with E-state index >= 15 is 4.39 Å². The molecule has 0 radical (unpaired) electrons. The third-order valence-corrected chi connectivity index (χ3v) is 5.47. The maximum Gasteiger partial charge on any atom is 0.201 e. The summed E-state index contributed by atoms with van der Waals surface area (Å²) in [4.78, 5) is 8.39. The first-order valence-corrected chi connectivity index (χ1v) is 10.1. The number of rotatable bonds is 4. The molecule has 1 aliphatic rings. The second-order valence-corrected chi connectivity index (χ2v) is 7.55. The van der Waals surface area contributed by atoms with Crippen molar-refractivity contribution in [3.8, 4) is 22.8 Å². The minimum absolute atomic E-state index is 0.0141. The number of hydrogen-bond donors (Lipinski definition) is 2. The summed E-state index contributed by atoms with van der Waals surface area (Å²) in [6, 6.07) is 7.59. The second kappa shape index (κ2) is 8.12. The van der Waals surface area contributed by atoms with Crippen molar-refractivity contribution in [1.29, 1.82) is 0 Å². The molecule has 2 aromatic heterocycles. The first-order chi connectivity index (χ1) is 15.5. The number of nitrogens with two attached hydrogens (primary N) is 1. The van der Waals surface area contributed by atoms with Crippen LogP contribution in [0.5, 0.6) is 11.5 Å². The van der Waals surface area contributed by atoms with Crippen LogP contribution in [0.2, 0.25) is 0 Å². The largest absolute Gasteiger partial charge is 0.454 e. The van der Waals surface area contributed by atoms with E-state index in [1.165, 1.54) is 30.6 Å². The Morgan fingerprint density at radius 1 is 1.09 bits per heavy atom. The van der Waals surface area contributed by atoms with E-state index in [4.69, 9.17) is 10.5 Å². The molecule has 32 heavy (non-hydrogen) atoms. The molecule has 10 heteroatoms. The predicted molar refractivity (Wildman–Crippen MR) is 113 cm³/mol. The minimum atomic E-state index is -1.15. The van der Waals surface area contributed by atoms with Gasteiger partial charge < -0.3 is 15.8 Å². The van der Waals surface area contributed by atoms with Gasteiger partial charge in [0.25, 0.3) is 0 Å². The molecule has 3 N–H and O–H groups in total. The molecule has 1 atom stereocenters. The summed E-state index contributed by atoms with van der Waals surface area (Å²) in [6.07, 6.45) is 3.25. The number of halogens is 3. The van der Waals surface area contributed by atoms with E-state index in [2.05, 4.69) is 20.4 Å². The molecule has 0 aliphatic carbocycles. The molecule has 164 valence electrons. The standard InChI is InChI=1S/C22H19F3N6O/c23-15-4-1-5-17(19(15)25)32-13-6-7-14(16(24)9-13)20-18-21(26)28-11-29-22(18)31(30-20)12-3-2-8-27-10-12/h1,4-7,9,11-12,27H,2-3,8,10H2,(H2,26,28,29)/t12-/m1/s1. The smallest absolute Gasteiger partial charge is 0.201 e. The molecule has 1 fully saturated rings. The first-order valence-electron chi connectivity index (χ1n) is 10.1. The van der Waals surface area contributed by atoms with Crippen LogP contribution in [-0.4, -0.2) is 32.8 Å². The zero-order valence-corrected chi connectivity index (χ0v) is 16.9. The van der Waals surface area contributed by atoms with Crippen molar-refractivity contribution in [3.05, 3.63) is 60.2 Å². The second-order valence-electron chi connectivity index (χ2n) is 7.55. The molecule has 1 saturated heterocycles. The number of piperidine rings is 1. The highest BCUT2D eigenvalue weighted by atomic mass is 19.2. The third-order valence-electron chi connectivity index (χ3n) is 5.47. The lowest BCUT2D eigenvalue weighted by molar-refractivity contribution is 0.354. The fourth-order valence-electron chi connectivity index (χ4n) is 3.92. The number of nitrogens with one attached hydrogen (secondary N) is 1. The lowest BCUT2D eigenvalue weighted by Gasteiger charge is -2.23. The Hall–Kier alpha value is -3.66. The quantitative estimate of drug-likeness (QED) is 0.494. The van der Waals surface area contributed by atoms with Gasteiger partial charge in [-0.05, 0) is 43.7 Å². The van der Waals surface area contributed by atoms with Crippen molar-refractivity contribution in [2.45, 2.75) is 18.9 Å². The highest BCUT2D eigenvalue weighted by molar-refractivity contribution is 5.98. The number of benzene rings is 2.